The van der Waals surface area contributed by atoms with Crippen LogP contribution in [0.25, 0.3) is 0 Å². The fourth-order valence-electron chi connectivity index (χ4n) is 0.497. The molecule has 0 saturated heterocycles. The molecule has 9 heavy (non-hydrogen) atoms. The lowest BCUT2D eigenvalue weighted by Gasteiger charge is -2.08. The van der Waals surface area contributed by atoms with E-state index in [1.54, 1.807) is 0 Å². The minimum absolute atomic E-state index is 0.150. The Morgan fingerprint density at radius 1 is 1.56 bits per heavy atom. The smallest absolute Gasteiger partial charge is 0.0546 e. The minimum atomic E-state index is 0.150. The monoisotopic (exact) mass is 129 g/mol. The lowest BCUT2D eigenvalue weighted by atomic mass is 10.3. The van der Waals surface area contributed by atoms with E-state index in [2.05, 4.69) is 19.2 Å². The molecule has 3 N–H and O–H groups in total. The zero-order chi connectivity index (χ0) is 7.11. The molecule has 0 aromatic rings. The van der Waals surface area contributed by atoms with Gasteiger partial charge in [-0.25, -0.2) is 0 Å². The number of hydrogen-bond donors (Lipinski definition) is 2. The number of nitrogens with one attached hydrogen (secondary N) is 1. The number of unbranched alkanes of at least 4 members (excludes halogenated alkanes) is 1. The molecule has 0 heterocycles. The van der Waals surface area contributed by atoms with Crippen molar-refractivity contribution in [3.05, 3.63) is 6.54 Å². The van der Waals surface area contributed by atoms with Gasteiger partial charge in [0, 0.05) is 6.54 Å². The molecule has 0 spiro atoms. The number of rotatable bonds is 5. The van der Waals surface area contributed by atoms with Crippen molar-refractivity contribution in [2.24, 2.45) is 5.73 Å². The summed E-state index contributed by atoms with van der Waals surface area (Å²) in [6.07, 6.45) is 3.42. The molecule has 0 rings (SSSR count). The second-order valence-corrected chi connectivity index (χ2v) is 2.17. The molecular formula is C7H17N2. The van der Waals surface area contributed by atoms with Crippen LogP contribution in [-0.2, 0) is 0 Å². The molecule has 0 amide bonds. The van der Waals surface area contributed by atoms with E-state index in [9.17, 15) is 0 Å². The maximum absolute atomic E-state index is 5.57. The summed E-state index contributed by atoms with van der Waals surface area (Å²) in [7, 11) is 0. The van der Waals surface area contributed by atoms with Gasteiger partial charge in [0.05, 0.1) is 6.17 Å². The summed E-state index contributed by atoms with van der Waals surface area (Å²) in [6, 6.07) is 0. The van der Waals surface area contributed by atoms with Crippen molar-refractivity contribution in [1.29, 1.82) is 0 Å². The summed E-state index contributed by atoms with van der Waals surface area (Å²) >= 11 is 0. The van der Waals surface area contributed by atoms with Crippen LogP contribution in [-0.4, -0.2) is 6.17 Å². The van der Waals surface area contributed by atoms with Crippen molar-refractivity contribution in [2.45, 2.75) is 39.3 Å². The SMILES string of the molecule is CCC[CH]NC(N)CC. The van der Waals surface area contributed by atoms with Gasteiger partial charge >= 0.3 is 0 Å². The summed E-state index contributed by atoms with van der Waals surface area (Å²) in [5, 5.41) is 3.09. The Morgan fingerprint density at radius 2 is 2.22 bits per heavy atom. The summed E-state index contributed by atoms with van der Waals surface area (Å²) in [5.74, 6) is 0. The van der Waals surface area contributed by atoms with Crippen LogP contribution in [0.4, 0.5) is 0 Å². The van der Waals surface area contributed by atoms with Crippen LogP contribution in [0.15, 0.2) is 0 Å². The summed E-state index contributed by atoms with van der Waals surface area (Å²) in [4.78, 5) is 0. The molecule has 0 aromatic carbocycles. The topological polar surface area (TPSA) is 38.0 Å². The predicted octanol–water partition coefficient (Wildman–Crippen LogP) is 1.23. The van der Waals surface area contributed by atoms with Gasteiger partial charge in [0.1, 0.15) is 0 Å². The lowest BCUT2D eigenvalue weighted by molar-refractivity contribution is 0.548. The highest BCUT2D eigenvalue weighted by Gasteiger charge is 1.93. The highest BCUT2D eigenvalue weighted by atomic mass is 15.0. The van der Waals surface area contributed by atoms with Gasteiger partial charge in [0.15, 0.2) is 0 Å². The average molecular weight is 129 g/mol. The number of hydrogen-bond acceptors (Lipinski definition) is 2. The largest absolute Gasteiger partial charge is 0.316 e. The molecule has 1 radical (unpaired) electrons. The van der Waals surface area contributed by atoms with E-state index in [-0.39, 0.29) is 6.17 Å². The van der Waals surface area contributed by atoms with Crippen LogP contribution in [0.1, 0.15) is 33.1 Å². The van der Waals surface area contributed by atoms with Gasteiger partial charge in [-0.1, -0.05) is 20.3 Å². The Morgan fingerprint density at radius 3 is 2.67 bits per heavy atom. The first kappa shape index (κ1) is 8.92. The van der Waals surface area contributed by atoms with E-state index >= 15 is 0 Å². The third-order valence-electron chi connectivity index (χ3n) is 1.20. The highest BCUT2D eigenvalue weighted by molar-refractivity contribution is 4.64. The normalized spacial score (nSPS) is 13.7. The van der Waals surface area contributed by atoms with E-state index < -0.39 is 0 Å². The van der Waals surface area contributed by atoms with Crippen molar-refractivity contribution >= 4 is 0 Å². The minimum Gasteiger partial charge on any atom is -0.316 e. The molecule has 0 saturated carbocycles. The molecule has 0 aliphatic carbocycles. The third kappa shape index (κ3) is 5.80. The predicted molar refractivity (Wildman–Crippen MR) is 40.6 cm³/mol. The molecular weight excluding hydrogens is 112 g/mol. The molecule has 0 aliphatic heterocycles. The Balaban J connectivity index is 2.88. The molecule has 1 unspecified atom stereocenters. The standard InChI is InChI=1S/C7H17N2/c1-3-5-6-9-7(8)4-2/h6-7,9H,3-5,8H2,1-2H3. The number of nitrogens with two attached hydrogens (primary N) is 1. The van der Waals surface area contributed by atoms with Gasteiger partial charge in [0.2, 0.25) is 0 Å². The van der Waals surface area contributed by atoms with Crippen LogP contribution in [0.2, 0.25) is 0 Å². The van der Waals surface area contributed by atoms with Gasteiger partial charge < -0.3 is 5.73 Å². The van der Waals surface area contributed by atoms with Crippen LogP contribution in [0.3, 0.4) is 0 Å². The van der Waals surface area contributed by atoms with Gasteiger partial charge in [-0.2, -0.15) is 0 Å². The summed E-state index contributed by atoms with van der Waals surface area (Å²) in [6.45, 7) is 6.25. The molecule has 0 fully saturated rings. The van der Waals surface area contributed by atoms with E-state index in [1.807, 2.05) is 6.54 Å². The van der Waals surface area contributed by atoms with Crippen LogP contribution in [0, 0.1) is 6.54 Å². The van der Waals surface area contributed by atoms with Crippen molar-refractivity contribution < 1.29 is 0 Å². The van der Waals surface area contributed by atoms with Crippen molar-refractivity contribution in [3.63, 3.8) is 0 Å². The summed E-state index contributed by atoms with van der Waals surface area (Å²) < 4.78 is 0. The van der Waals surface area contributed by atoms with E-state index in [1.165, 1.54) is 6.42 Å². The van der Waals surface area contributed by atoms with Gasteiger partial charge in [-0.15, -0.1) is 0 Å². The average Bonchev–Trinajstić information content (AvgIpc) is 1.89. The Labute approximate surface area is 57.8 Å². The van der Waals surface area contributed by atoms with Crippen molar-refractivity contribution in [3.8, 4) is 0 Å². The molecule has 0 aliphatic rings. The first-order valence-corrected chi connectivity index (χ1v) is 3.64. The van der Waals surface area contributed by atoms with Gasteiger partial charge in [-0.05, 0) is 12.8 Å². The van der Waals surface area contributed by atoms with Crippen LogP contribution in [0.5, 0.6) is 0 Å². The molecule has 2 heteroatoms. The maximum atomic E-state index is 5.57. The fraction of sp³-hybridized carbons (Fsp3) is 0.857. The van der Waals surface area contributed by atoms with Crippen LogP contribution >= 0.6 is 0 Å². The highest BCUT2D eigenvalue weighted by Crippen LogP contribution is 1.89. The Bertz CT molecular complexity index is 54.9. The van der Waals surface area contributed by atoms with Gasteiger partial charge in [0.25, 0.3) is 0 Å². The zero-order valence-corrected chi connectivity index (χ0v) is 6.35. The Kier molecular flexibility index (Phi) is 5.99. The second kappa shape index (κ2) is 6.05. The van der Waals surface area contributed by atoms with E-state index in [4.69, 9.17) is 5.73 Å². The first-order chi connectivity index (χ1) is 4.31. The maximum Gasteiger partial charge on any atom is 0.0546 e. The second-order valence-electron chi connectivity index (χ2n) is 2.17. The molecule has 2 nitrogen and oxygen atoms in total. The molecule has 0 bridgehead atoms. The van der Waals surface area contributed by atoms with Crippen LogP contribution < -0.4 is 11.1 Å². The van der Waals surface area contributed by atoms with Crippen molar-refractivity contribution in [2.75, 3.05) is 0 Å². The molecule has 55 valence electrons. The zero-order valence-electron chi connectivity index (χ0n) is 6.35. The molecule has 1 atom stereocenters. The van der Waals surface area contributed by atoms with E-state index in [0.29, 0.717) is 0 Å². The first-order valence-electron chi connectivity index (χ1n) is 3.64. The van der Waals surface area contributed by atoms with Crippen molar-refractivity contribution in [1.82, 2.24) is 5.32 Å². The Hall–Kier alpha value is -0.0800. The summed E-state index contributed by atoms with van der Waals surface area (Å²) in [5.41, 5.74) is 5.57. The lowest BCUT2D eigenvalue weighted by Crippen LogP contribution is -2.34. The molecule has 0 aromatic heterocycles. The van der Waals surface area contributed by atoms with E-state index in [0.717, 1.165) is 12.8 Å². The fourth-order valence-corrected chi connectivity index (χ4v) is 0.497. The third-order valence-corrected chi connectivity index (χ3v) is 1.20. The quantitative estimate of drug-likeness (QED) is 0.433. The van der Waals surface area contributed by atoms with Gasteiger partial charge in [-0.3, -0.25) is 5.32 Å².